The maximum absolute atomic E-state index is 6.81. The van der Waals surface area contributed by atoms with Gasteiger partial charge in [0, 0.05) is 36.3 Å². The first kappa shape index (κ1) is 20.5. The number of likely N-dealkylation sites (tertiary alicyclic amines) is 1. The predicted molar refractivity (Wildman–Crippen MR) is 126 cm³/mol. The van der Waals surface area contributed by atoms with Gasteiger partial charge < -0.3 is 5.32 Å². The zero-order valence-electron chi connectivity index (χ0n) is 17.1. The number of benzene rings is 2. The standard InChI is InChI=1S/C24H28ClN3S/c1-17(2)29-23-22(25)20-10-6-7-11-21(20)27-24(23)26-19-12-14-28(15-13-19)16-18-8-4-3-5-9-18/h3-11,17,19H,12-16H2,1-2H3,(H,26,27). The Morgan fingerprint density at radius 3 is 2.48 bits per heavy atom. The van der Waals surface area contributed by atoms with Gasteiger partial charge in [-0.05, 0) is 24.5 Å². The van der Waals surface area contributed by atoms with E-state index in [1.165, 1.54) is 5.56 Å². The highest BCUT2D eigenvalue weighted by atomic mass is 35.5. The second-order valence-corrected chi connectivity index (χ2v) is 9.93. The zero-order chi connectivity index (χ0) is 20.2. The predicted octanol–water partition coefficient (Wildman–Crippen LogP) is 6.47. The van der Waals surface area contributed by atoms with Crippen molar-refractivity contribution in [2.24, 2.45) is 0 Å². The van der Waals surface area contributed by atoms with Gasteiger partial charge in [-0.3, -0.25) is 4.90 Å². The van der Waals surface area contributed by atoms with Crippen LogP contribution in [0.1, 0.15) is 32.3 Å². The number of hydrogen-bond donors (Lipinski definition) is 1. The molecule has 1 aliphatic heterocycles. The smallest absolute Gasteiger partial charge is 0.142 e. The van der Waals surface area contributed by atoms with Gasteiger partial charge in [0.2, 0.25) is 0 Å². The Kier molecular flexibility index (Phi) is 6.63. The maximum atomic E-state index is 6.81. The number of rotatable bonds is 6. The van der Waals surface area contributed by atoms with Crippen LogP contribution in [0.2, 0.25) is 5.02 Å². The number of fused-ring (bicyclic) bond motifs is 1. The topological polar surface area (TPSA) is 28.2 Å². The van der Waals surface area contributed by atoms with Crippen molar-refractivity contribution in [3.63, 3.8) is 0 Å². The summed E-state index contributed by atoms with van der Waals surface area (Å²) in [5, 5.41) is 6.02. The van der Waals surface area contributed by atoms with E-state index in [1.54, 1.807) is 11.8 Å². The van der Waals surface area contributed by atoms with Crippen LogP contribution in [-0.2, 0) is 6.54 Å². The molecule has 5 heteroatoms. The number of pyridine rings is 1. The lowest BCUT2D eigenvalue weighted by Crippen LogP contribution is -2.38. The molecule has 2 aromatic carbocycles. The zero-order valence-corrected chi connectivity index (χ0v) is 18.6. The Hall–Kier alpha value is -1.75. The van der Waals surface area contributed by atoms with Crippen LogP contribution in [0.5, 0.6) is 0 Å². The molecule has 1 aliphatic rings. The van der Waals surface area contributed by atoms with Crippen LogP contribution in [0.4, 0.5) is 5.82 Å². The molecule has 0 aliphatic carbocycles. The first-order chi connectivity index (χ1) is 14.1. The lowest BCUT2D eigenvalue weighted by Gasteiger charge is -2.33. The van der Waals surface area contributed by atoms with Crippen LogP contribution < -0.4 is 5.32 Å². The van der Waals surface area contributed by atoms with E-state index < -0.39 is 0 Å². The first-order valence-corrected chi connectivity index (χ1v) is 11.6. The summed E-state index contributed by atoms with van der Waals surface area (Å²) in [4.78, 5) is 8.56. The molecule has 1 N–H and O–H groups in total. The minimum Gasteiger partial charge on any atom is -0.366 e. The summed E-state index contributed by atoms with van der Waals surface area (Å²) in [6, 6.07) is 19.3. The minimum atomic E-state index is 0.429. The monoisotopic (exact) mass is 425 g/mol. The molecule has 152 valence electrons. The Morgan fingerprint density at radius 1 is 1.07 bits per heavy atom. The molecule has 29 heavy (non-hydrogen) atoms. The molecule has 0 saturated carbocycles. The van der Waals surface area contributed by atoms with Crippen LogP contribution in [0, 0.1) is 0 Å². The van der Waals surface area contributed by atoms with E-state index in [4.69, 9.17) is 16.6 Å². The molecule has 0 unspecified atom stereocenters. The summed E-state index contributed by atoms with van der Waals surface area (Å²) >= 11 is 8.60. The van der Waals surface area contributed by atoms with Crippen LogP contribution >= 0.6 is 23.4 Å². The second kappa shape index (κ2) is 9.38. The summed E-state index contributed by atoms with van der Waals surface area (Å²) in [6.45, 7) is 7.62. The fourth-order valence-electron chi connectivity index (χ4n) is 3.87. The molecule has 0 amide bonds. The summed E-state index contributed by atoms with van der Waals surface area (Å²) < 4.78 is 0. The van der Waals surface area contributed by atoms with E-state index in [0.29, 0.717) is 11.3 Å². The normalized spacial score (nSPS) is 15.9. The summed E-state index contributed by atoms with van der Waals surface area (Å²) in [5.74, 6) is 0.939. The third-order valence-electron chi connectivity index (χ3n) is 5.32. The molecule has 4 rings (SSSR count). The van der Waals surface area contributed by atoms with Gasteiger partial charge in [-0.2, -0.15) is 0 Å². The van der Waals surface area contributed by atoms with Crippen LogP contribution in [0.3, 0.4) is 0 Å². The van der Waals surface area contributed by atoms with Crippen molar-refractivity contribution in [2.45, 2.75) is 49.4 Å². The van der Waals surface area contributed by atoms with Crippen molar-refractivity contribution in [1.29, 1.82) is 0 Å². The largest absolute Gasteiger partial charge is 0.366 e. The van der Waals surface area contributed by atoms with Crippen molar-refractivity contribution in [3.8, 4) is 0 Å². The Morgan fingerprint density at radius 2 is 1.76 bits per heavy atom. The van der Waals surface area contributed by atoms with E-state index in [0.717, 1.165) is 59.1 Å². The average Bonchev–Trinajstić information content (AvgIpc) is 2.73. The maximum Gasteiger partial charge on any atom is 0.142 e. The first-order valence-electron chi connectivity index (χ1n) is 10.4. The van der Waals surface area contributed by atoms with Gasteiger partial charge in [-0.15, -0.1) is 11.8 Å². The number of anilines is 1. The van der Waals surface area contributed by atoms with E-state index >= 15 is 0 Å². The summed E-state index contributed by atoms with van der Waals surface area (Å²) in [7, 11) is 0. The van der Waals surface area contributed by atoms with E-state index in [9.17, 15) is 0 Å². The number of aromatic nitrogens is 1. The Labute approximate surface area is 182 Å². The van der Waals surface area contributed by atoms with Crippen molar-refractivity contribution in [1.82, 2.24) is 9.88 Å². The molecule has 1 aromatic heterocycles. The van der Waals surface area contributed by atoms with Crippen LogP contribution in [0.25, 0.3) is 10.9 Å². The summed E-state index contributed by atoms with van der Waals surface area (Å²) in [5.41, 5.74) is 2.34. The molecule has 0 atom stereocenters. The van der Waals surface area contributed by atoms with Crippen LogP contribution in [-0.4, -0.2) is 34.3 Å². The highest BCUT2D eigenvalue weighted by Crippen LogP contribution is 2.40. The number of halogens is 1. The molecule has 0 radical (unpaired) electrons. The van der Waals surface area contributed by atoms with Gasteiger partial charge in [0.05, 0.1) is 15.4 Å². The molecule has 0 bridgehead atoms. The van der Waals surface area contributed by atoms with Crippen molar-refractivity contribution in [2.75, 3.05) is 18.4 Å². The molecular formula is C24H28ClN3S. The molecule has 1 saturated heterocycles. The number of nitrogens with one attached hydrogen (secondary N) is 1. The fourth-order valence-corrected chi connectivity index (χ4v) is 5.15. The highest BCUT2D eigenvalue weighted by molar-refractivity contribution is 8.00. The third kappa shape index (κ3) is 5.06. The number of nitrogens with zero attached hydrogens (tertiary/aromatic N) is 2. The van der Waals surface area contributed by atoms with E-state index in [1.807, 2.05) is 18.2 Å². The number of piperidine rings is 1. The van der Waals surface area contributed by atoms with Gasteiger partial charge in [-0.1, -0.05) is 74.0 Å². The molecule has 3 aromatic rings. The Bertz CT molecular complexity index is 953. The minimum absolute atomic E-state index is 0.429. The average molecular weight is 426 g/mol. The quantitative estimate of drug-likeness (QED) is 0.458. The molecular weight excluding hydrogens is 398 g/mol. The van der Waals surface area contributed by atoms with Gasteiger partial charge in [0.15, 0.2) is 0 Å². The number of thioether (sulfide) groups is 1. The van der Waals surface area contributed by atoms with Gasteiger partial charge in [-0.25, -0.2) is 4.98 Å². The van der Waals surface area contributed by atoms with E-state index in [-0.39, 0.29) is 0 Å². The van der Waals surface area contributed by atoms with Gasteiger partial charge >= 0.3 is 0 Å². The number of para-hydroxylation sites is 1. The Balaban J connectivity index is 1.48. The van der Waals surface area contributed by atoms with Crippen molar-refractivity contribution >= 4 is 40.1 Å². The fraction of sp³-hybridized carbons (Fsp3) is 0.375. The van der Waals surface area contributed by atoms with Crippen molar-refractivity contribution < 1.29 is 0 Å². The number of hydrogen-bond acceptors (Lipinski definition) is 4. The SMILES string of the molecule is CC(C)Sc1c(NC2CCN(Cc3ccccc3)CC2)nc2ccccc2c1Cl. The molecule has 1 fully saturated rings. The summed E-state index contributed by atoms with van der Waals surface area (Å²) in [6.07, 6.45) is 2.23. The third-order valence-corrected chi connectivity index (χ3v) is 6.93. The second-order valence-electron chi connectivity index (χ2n) is 7.97. The lowest BCUT2D eigenvalue weighted by atomic mass is 10.0. The van der Waals surface area contributed by atoms with Gasteiger partial charge in [0.1, 0.15) is 5.82 Å². The highest BCUT2D eigenvalue weighted by Gasteiger charge is 2.22. The van der Waals surface area contributed by atoms with Gasteiger partial charge in [0.25, 0.3) is 0 Å². The van der Waals surface area contributed by atoms with Crippen LogP contribution in [0.15, 0.2) is 59.5 Å². The molecule has 2 heterocycles. The molecule has 0 spiro atoms. The molecule has 3 nitrogen and oxygen atoms in total. The lowest BCUT2D eigenvalue weighted by molar-refractivity contribution is 0.211. The van der Waals surface area contributed by atoms with Crippen molar-refractivity contribution in [3.05, 3.63) is 65.2 Å². The van der Waals surface area contributed by atoms with E-state index in [2.05, 4.69) is 60.5 Å².